The molecule has 2 aromatic carbocycles. The number of hydrogen-bond acceptors (Lipinski definition) is 4. The van der Waals surface area contributed by atoms with Gasteiger partial charge in [0.25, 0.3) is 0 Å². The molecule has 1 spiro atoms. The van der Waals surface area contributed by atoms with Crippen molar-refractivity contribution in [2.45, 2.75) is 56.9 Å². The third-order valence-corrected chi connectivity index (χ3v) is 8.78. The van der Waals surface area contributed by atoms with E-state index in [9.17, 15) is 4.79 Å². The molecule has 0 bridgehead atoms. The minimum Gasteiger partial charge on any atom is -0.493 e. The van der Waals surface area contributed by atoms with E-state index in [0.29, 0.717) is 0 Å². The summed E-state index contributed by atoms with van der Waals surface area (Å²) in [7, 11) is 3.38. The van der Waals surface area contributed by atoms with Crippen molar-refractivity contribution in [3.63, 3.8) is 0 Å². The lowest BCUT2D eigenvalue weighted by molar-refractivity contribution is -0.123. The molecular formula is C29H38N2O3. The molecule has 5 nitrogen and oxygen atoms in total. The molecule has 2 aromatic rings. The number of amides is 1. The zero-order valence-electron chi connectivity index (χ0n) is 20.6. The molecular weight excluding hydrogens is 424 g/mol. The maximum Gasteiger partial charge on any atom is 0.223 e. The van der Waals surface area contributed by atoms with Crippen molar-refractivity contribution in [3.8, 4) is 11.5 Å². The molecule has 0 aromatic heterocycles. The number of methoxy groups -OCH3 is 2. The minimum atomic E-state index is 0.123. The Hall–Kier alpha value is -2.53. The lowest BCUT2D eigenvalue weighted by Crippen LogP contribution is -2.41. The van der Waals surface area contributed by atoms with Crippen LogP contribution in [0.1, 0.15) is 56.1 Å². The molecule has 2 saturated carbocycles. The van der Waals surface area contributed by atoms with Crippen LogP contribution in [0.3, 0.4) is 0 Å². The lowest BCUT2D eigenvalue weighted by Gasteiger charge is -2.33. The fraction of sp³-hybridized carbons (Fsp3) is 0.552. The summed E-state index contributed by atoms with van der Waals surface area (Å²) in [6, 6.07) is 16.9. The highest BCUT2D eigenvalue weighted by molar-refractivity contribution is 5.82. The first-order chi connectivity index (χ1) is 16.6. The fourth-order valence-electron chi connectivity index (χ4n) is 6.54. The number of nitrogens with zero attached hydrogens (tertiary/aromatic N) is 1. The molecule has 3 fully saturated rings. The van der Waals surface area contributed by atoms with Crippen LogP contribution >= 0.6 is 0 Å². The van der Waals surface area contributed by atoms with E-state index in [4.69, 9.17) is 9.47 Å². The second-order valence-electron chi connectivity index (χ2n) is 10.6. The number of nitrogens with one attached hydrogen (secondary N) is 1. The number of likely N-dealkylation sites (tertiary alicyclic amines) is 1. The summed E-state index contributed by atoms with van der Waals surface area (Å²) in [6.07, 6.45) is 8.11. The van der Waals surface area contributed by atoms with Gasteiger partial charge in [0.15, 0.2) is 11.5 Å². The Morgan fingerprint density at radius 3 is 2.38 bits per heavy atom. The summed E-state index contributed by atoms with van der Waals surface area (Å²) in [5.74, 6) is 2.08. The van der Waals surface area contributed by atoms with Gasteiger partial charge in [0.05, 0.1) is 14.2 Å². The van der Waals surface area contributed by atoms with Gasteiger partial charge in [-0.25, -0.2) is 0 Å². The van der Waals surface area contributed by atoms with Crippen LogP contribution < -0.4 is 14.8 Å². The second-order valence-corrected chi connectivity index (χ2v) is 10.6. The molecule has 0 radical (unpaired) electrons. The maximum absolute atomic E-state index is 13.2. The second kappa shape index (κ2) is 9.61. The van der Waals surface area contributed by atoms with Crippen molar-refractivity contribution < 1.29 is 14.3 Å². The minimum absolute atomic E-state index is 0.123. The van der Waals surface area contributed by atoms with Crippen molar-refractivity contribution >= 4 is 5.91 Å². The van der Waals surface area contributed by atoms with Gasteiger partial charge in [-0.15, -0.1) is 0 Å². The molecule has 1 saturated heterocycles. The van der Waals surface area contributed by atoms with Gasteiger partial charge in [0.1, 0.15) is 0 Å². The van der Waals surface area contributed by atoms with Crippen LogP contribution in [0.5, 0.6) is 11.5 Å². The summed E-state index contributed by atoms with van der Waals surface area (Å²) >= 11 is 0. The van der Waals surface area contributed by atoms with Crippen LogP contribution in [0.25, 0.3) is 0 Å². The molecule has 1 amide bonds. The predicted octanol–water partition coefficient (Wildman–Crippen LogP) is 4.93. The Kier molecular flexibility index (Phi) is 6.57. The summed E-state index contributed by atoms with van der Waals surface area (Å²) < 4.78 is 11.1. The van der Waals surface area contributed by atoms with E-state index in [1.54, 1.807) is 14.2 Å². The van der Waals surface area contributed by atoms with Gasteiger partial charge in [-0.3, -0.25) is 9.69 Å². The topological polar surface area (TPSA) is 50.8 Å². The van der Waals surface area contributed by atoms with E-state index >= 15 is 0 Å². The van der Waals surface area contributed by atoms with Gasteiger partial charge in [-0.2, -0.15) is 0 Å². The Morgan fingerprint density at radius 2 is 1.71 bits per heavy atom. The van der Waals surface area contributed by atoms with Gasteiger partial charge in [-0.1, -0.05) is 55.3 Å². The van der Waals surface area contributed by atoms with Crippen molar-refractivity contribution in [2.24, 2.45) is 11.3 Å². The van der Waals surface area contributed by atoms with Crippen molar-refractivity contribution in [2.75, 3.05) is 33.9 Å². The predicted molar refractivity (Wildman–Crippen MR) is 134 cm³/mol. The number of carbonyl (C=O) groups excluding carboxylic acids is 1. The smallest absolute Gasteiger partial charge is 0.223 e. The van der Waals surface area contributed by atoms with Crippen LogP contribution in [0.15, 0.2) is 48.5 Å². The molecule has 1 aliphatic heterocycles. The fourth-order valence-corrected chi connectivity index (χ4v) is 6.54. The molecule has 34 heavy (non-hydrogen) atoms. The van der Waals surface area contributed by atoms with E-state index in [1.807, 2.05) is 12.1 Å². The van der Waals surface area contributed by atoms with Crippen LogP contribution in [0.4, 0.5) is 0 Å². The number of ether oxygens (including phenoxy) is 2. The van der Waals surface area contributed by atoms with Crippen LogP contribution in [-0.4, -0.2) is 44.7 Å². The summed E-state index contributed by atoms with van der Waals surface area (Å²) in [4.78, 5) is 15.7. The zero-order chi connectivity index (χ0) is 23.6. The monoisotopic (exact) mass is 462 g/mol. The molecule has 1 atom stereocenters. The van der Waals surface area contributed by atoms with Crippen LogP contribution in [0, 0.1) is 11.3 Å². The SMILES string of the molecule is COc1cccc(CN2CCC3(CC2)C[C@H]3C(=O)NCC2(c3ccccc3)CCCC2)c1OC. The van der Waals surface area contributed by atoms with E-state index in [1.165, 1.54) is 31.2 Å². The van der Waals surface area contributed by atoms with Gasteiger partial charge < -0.3 is 14.8 Å². The highest BCUT2D eigenvalue weighted by Crippen LogP contribution is 2.59. The average molecular weight is 463 g/mol. The molecule has 1 N–H and O–H groups in total. The highest BCUT2D eigenvalue weighted by Gasteiger charge is 2.58. The number of para-hydroxylation sites is 1. The number of rotatable bonds is 8. The third kappa shape index (κ3) is 4.43. The molecule has 1 heterocycles. The van der Waals surface area contributed by atoms with Crippen molar-refractivity contribution in [3.05, 3.63) is 59.7 Å². The van der Waals surface area contributed by atoms with Crippen LogP contribution in [-0.2, 0) is 16.8 Å². The maximum atomic E-state index is 13.2. The standard InChI is InChI=1S/C29H38N2O3/c1-33-25-12-8-9-22(26(25)34-2)20-31-17-15-28(16-18-31)19-24(28)27(32)30-21-29(13-6-7-14-29)23-10-4-3-5-11-23/h3-5,8-12,24H,6-7,13-21H2,1-2H3,(H,30,32)/t24-/m0/s1. The largest absolute Gasteiger partial charge is 0.493 e. The molecule has 5 heteroatoms. The zero-order valence-corrected chi connectivity index (χ0v) is 20.6. The van der Waals surface area contributed by atoms with Gasteiger partial charge in [0.2, 0.25) is 5.91 Å². The Morgan fingerprint density at radius 1 is 0.971 bits per heavy atom. The van der Waals surface area contributed by atoms with Crippen LogP contribution in [0.2, 0.25) is 0 Å². The first-order valence-corrected chi connectivity index (χ1v) is 12.8. The van der Waals surface area contributed by atoms with E-state index < -0.39 is 0 Å². The number of piperidine rings is 1. The first kappa shape index (κ1) is 23.2. The van der Waals surface area contributed by atoms with E-state index in [2.05, 4.69) is 46.6 Å². The van der Waals surface area contributed by atoms with Crippen molar-refractivity contribution in [1.82, 2.24) is 10.2 Å². The van der Waals surface area contributed by atoms with E-state index in [-0.39, 0.29) is 22.7 Å². The Labute approximate surface area is 203 Å². The molecule has 182 valence electrons. The summed E-state index contributed by atoms with van der Waals surface area (Å²) in [6.45, 7) is 3.69. The quantitative estimate of drug-likeness (QED) is 0.604. The van der Waals surface area contributed by atoms with E-state index in [0.717, 1.165) is 62.5 Å². The van der Waals surface area contributed by atoms with Gasteiger partial charge in [0, 0.05) is 30.0 Å². The number of carbonyl (C=O) groups is 1. The first-order valence-electron chi connectivity index (χ1n) is 12.8. The number of benzene rings is 2. The van der Waals surface area contributed by atoms with Gasteiger partial charge >= 0.3 is 0 Å². The van der Waals surface area contributed by atoms with Gasteiger partial charge in [-0.05, 0) is 62.2 Å². The highest BCUT2D eigenvalue weighted by atomic mass is 16.5. The third-order valence-electron chi connectivity index (χ3n) is 8.78. The Balaban J connectivity index is 1.15. The molecule has 2 aliphatic carbocycles. The van der Waals surface area contributed by atoms with Crippen molar-refractivity contribution in [1.29, 1.82) is 0 Å². The lowest BCUT2D eigenvalue weighted by atomic mass is 9.78. The molecule has 3 aliphatic rings. The summed E-state index contributed by atoms with van der Waals surface area (Å²) in [5, 5.41) is 3.39. The Bertz CT molecular complexity index is 992. The summed E-state index contributed by atoms with van der Waals surface area (Å²) in [5.41, 5.74) is 2.89. The average Bonchev–Trinajstić information content (AvgIpc) is 3.36. The number of hydrogen-bond donors (Lipinski definition) is 1. The molecule has 0 unspecified atom stereocenters. The normalized spacial score (nSPS) is 22.9. The molecule has 5 rings (SSSR count).